The number of benzene rings is 3. The van der Waals surface area contributed by atoms with Gasteiger partial charge in [-0.05, 0) is 54.8 Å². The Hall–Kier alpha value is -3.60. The zero-order valence-electron chi connectivity index (χ0n) is 19.3. The number of hydrogen-bond acceptors (Lipinski definition) is 4. The van der Waals surface area contributed by atoms with E-state index in [-0.39, 0.29) is 5.91 Å². The van der Waals surface area contributed by atoms with E-state index >= 15 is 0 Å². The summed E-state index contributed by atoms with van der Waals surface area (Å²) in [6.45, 7) is 7.63. The van der Waals surface area contributed by atoms with Crippen LogP contribution in [0.2, 0.25) is 0 Å². The molecule has 0 saturated carbocycles. The summed E-state index contributed by atoms with van der Waals surface area (Å²) in [5.74, 6) is 0.850. The molecule has 2 heterocycles. The number of aryl methyl sites for hydroxylation is 2. The van der Waals surface area contributed by atoms with E-state index in [1.807, 2.05) is 29.2 Å². The molecule has 2 aliphatic heterocycles. The highest BCUT2D eigenvalue weighted by atomic mass is 16.2. The molecule has 2 aliphatic rings. The number of guanidine groups is 1. The second kappa shape index (κ2) is 9.10. The zero-order chi connectivity index (χ0) is 22.8. The van der Waals surface area contributed by atoms with Crippen molar-refractivity contribution in [1.82, 2.24) is 4.90 Å². The lowest BCUT2D eigenvalue weighted by Gasteiger charge is -2.38. The van der Waals surface area contributed by atoms with Crippen molar-refractivity contribution in [2.24, 2.45) is 4.99 Å². The first-order valence-electron chi connectivity index (χ1n) is 11.7. The molecule has 0 N–H and O–H groups in total. The Morgan fingerprint density at radius 2 is 1.33 bits per heavy atom. The van der Waals surface area contributed by atoms with Gasteiger partial charge in [0.1, 0.15) is 6.04 Å². The van der Waals surface area contributed by atoms with Crippen molar-refractivity contribution in [2.75, 3.05) is 36.0 Å². The van der Waals surface area contributed by atoms with Gasteiger partial charge in [-0.25, -0.2) is 9.89 Å². The van der Waals surface area contributed by atoms with Gasteiger partial charge in [-0.2, -0.15) is 0 Å². The van der Waals surface area contributed by atoms with Crippen LogP contribution in [-0.4, -0.2) is 49.0 Å². The Bertz CT molecular complexity index is 1130. The van der Waals surface area contributed by atoms with E-state index in [0.29, 0.717) is 6.42 Å². The van der Waals surface area contributed by atoms with Gasteiger partial charge in [0, 0.05) is 38.3 Å². The van der Waals surface area contributed by atoms with E-state index in [1.54, 1.807) is 0 Å². The Kier molecular flexibility index (Phi) is 5.86. The molecule has 1 atom stereocenters. The first-order valence-corrected chi connectivity index (χ1v) is 11.7. The SMILES string of the molecule is Cc1cc(C)cc(N2C(=O)C(Cc3ccccc3)N=C2N2CCN(c3ccccc3)CC2)c1. The summed E-state index contributed by atoms with van der Waals surface area (Å²) in [6.07, 6.45) is 0.619. The Morgan fingerprint density at radius 3 is 1.97 bits per heavy atom. The predicted octanol–water partition coefficient (Wildman–Crippen LogP) is 4.44. The predicted molar refractivity (Wildman–Crippen MR) is 135 cm³/mol. The molecule has 3 aromatic carbocycles. The third-order valence-electron chi connectivity index (χ3n) is 6.40. The van der Waals surface area contributed by atoms with E-state index in [0.717, 1.165) is 54.5 Å². The number of aliphatic imine (C=N–C) groups is 1. The third kappa shape index (κ3) is 4.49. The van der Waals surface area contributed by atoms with Crippen molar-refractivity contribution < 1.29 is 4.79 Å². The maximum absolute atomic E-state index is 13.6. The summed E-state index contributed by atoms with van der Waals surface area (Å²) in [5, 5.41) is 0. The topological polar surface area (TPSA) is 39.2 Å². The number of carbonyl (C=O) groups excluding carboxylic acids is 1. The molecule has 5 rings (SSSR count). The minimum Gasteiger partial charge on any atom is -0.368 e. The molecule has 5 nitrogen and oxygen atoms in total. The van der Waals surface area contributed by atoms with Crippen LogP contribution in [0.5, 0.6) is 0 Å². The van der Waals surface area contributed by atoms with Crippen molar-refractivity contribution in [3.8, 4) is 0 Å². The monoisotopic (exact) mass is 438 g/mol. The van der Waals surface area contributed by atoms with Gasteiger partial charge in [0.2, 0.25) is 5.96 Å². The molecule has 0 radical (unpaired) electrons. The quantitative estimate of drug-likeness (QED) is 0.605. The van der Waals surface area contributed by atoms with Gasteiger partial charge in [0.15, 0.2) is 0 Å². The molecular weight excluding hydrogens is 408 g/mol. The number of para-hydroxylation sites is 1. The number of amides is 1. The smallest absolute Gasteiger partial charge is 0.259 e. The summed E-state index contributed by atoms with van der Waals surface area (Å²) >= 11 is 0. The highest BCUT2D eigenvalue weighted by molar-refractivity contribution is 6.22. The van der Waals surface area contributed by atoms with Crippen LogP contribution < -0.4 is 9.80 Å². The first-order chi connectivity index (χ1) is 16.1. The normalized spacial score (nSPS) is 18.6. The molecule has 33 heavy (non-hydrogen) atoms. The van der Waals surface area contributed by atoms with Crippen LogP contribution in [0.1, 0.15) is 16.7 Å². The zero-order valence-corrected chi connectivity index (χ0v) is 19.3. The standard InChI is InChI=1S/C28H30N4O/c1-21-17-22(2)19-25(18-21)32-27(33)26(20-23-9-5-3-6-10-23)29-28(32)31-15-13-30(14-16-31)24-11-7-4-8-12-24/h3-12,17-19,26H,13-16,20H2,1-2H3. The van der Waals surface area contributed by atoms with E-state index in [9.17, 15) is 4.79 Å². The molecule has 1 amide bonds. The highest BCUT2D eigenvalue weighted by Crippen LogP contribution is 2.28. The Morgan fingerprint density at radius 1 is 0.758 bits per heavy atom. The van der Waals surface area contributed by atoms with Crippen molar-refractivity contribution in [3.05, 3.63) is 95.6 Å². The fraction of sp³-hybridized carbons (Fsp3) is 0.286. The van der Waals surface area contributed by atoms with Gasteiger partial charge in [-0.15, -0.1) is 0 Å². The van der Waals surface area contributed by atoms with Crippen LogP contribution in [0.3, 0.4) is 0 Å². The Balaban J connectivity index is 1.42. The van der Waals surface area contributed by atoms with E-state index < -0.39 is 6.04 Å². The van der Waals surface area contributed by atoms with E-state index in [1.165, 1.54) is 5.69 Å². The summed E-state index contributed by atoms with van der Waals surface area (Å²) in [6, 6.07) is 26.6. The molecule has 0 aliphatic carbocycles. The van der Waals surface area contributed by atoms with Crippen LogP contribution >= 0.6 is 0 Å². The number of anilines is 2. The van der Waals surface area contributed by atoms with Crippen LogP contribution in [0.15, 0.2) is 83.9 Å². The Labute approximate surface area is 196 Å². The lowest BCUT2D eigenvalue weighted by Crippen LogP contribution is -2.53. The lowest BCUT2D eigenvalue weighted by molar-refractivity contribution is -0.118. The largest absolute Gasteiger partial charge is 0.368 e. The number of carbonyl (C=O) groups is 1. The number of rotatable bonds is 4. The van der Waals surface area contributed by atoms with Crippen molar-refractivity contribution in [3.63, 3.8) is 0 Å². The molecule has 0 spiro atoms. The van der Waals surface area contributed by atoms with Gasteiger partial charge >= 0.3 is 0 Å². The van der Waals surface area contributed by atoms with Crippen LogP contribution in [0.25, 0.3) is 0 Å². The second-order valence-corrected chi connectivity index (χ2v) is 8.96. The minimum atomic E-state index is -0.393. The van der Waals surface area contributed by atoms with Gasteiger partial charge in [0.25, 0.3) is 5.91 Å². The average Bonchev–Trinajstić information content (AvgIpc) is 3.15. The third-order valence-corrected chi connectivity index (χ3v) is 6.40. The van der Waals surface area contributed by atoms with Crippen LogP contribution in [-0.2, 0) is 11.2 Å². The molecular formula is C28H30N4O. The minimum absolute atomic E-state index is 0.0596. The molecule has 168 valence electrons. The van der Waals surface area contributed by atoms with Crippen molar-refractivity contribution in [2.45, 2.75) is 26.3 Å². The second-order valence-electron chi connectivity index (χ2n) is 8.96. The molecule has 1 fully saturated rings. The maximum Gasteiger partial charge on any atom is 0.259 e. The van der Waals surface area contributed by atoms with Gasteiger partial charge < -0.3 is 9.80 Å². The summed E-state index contributed by atoms with van der Waals surface area (Å²) in [4.78, 5) is 25.2. The molecule has 0 aromatic heterocycles. The highest BCUT2D eigenvalue weighted by Gasteiger charge is 2.39. The average molecular weight is 439 g/mol. The molecule has 1 unspecified atom stereocenters. The van der Waals surface area contributed by atoms with Gasteiger partial charge in [-0.3, -0.25) is 4.79 Å². The lowest BCUT2D eigenvalue weighted by atomic mass is 10.1. The summed E-state index contributed by atoms with van der Waals surface area (Å²) < 4.78 is 0. The van der Waals surface area contributed by atoms with Crippen LogP contribution in [0.4, 0.5) is 11.4 Å². The van der Waals surface area contributed by atoms with Gasteiger partial charge in [-0.1, -0.05) is 54.6 Å². The molecule has 1 saturated heterocycles. The molecule has 3 aromatic rings. The number of hydrogen-bond donors (Lipinski definition) is 0. The number of piperazine rings is 1. The fourth-order valence-electron chi connectivity index (χ4n) is 4.82. The maximum atomic E-state index is 13.6. The van der Waals surface area contributed by atoms with Crippen molar-refractivity contribution in [1.29, 1.82) is 0 Å². The van der Waals surface area contributed by atoms with Crippen molar-refractivity contribution >= 4 is 23.2 Å². The molecule has 0 bridgehead atoms. The molecule has 5 heteroatoms. The van der Waals surface area contributed by atoms with Gasteiger partial charge in [0.05, 0.1) is 5.69 Å². The first kappa shape index (κ1) is 21.3. The van der Waals surface area contributed by atoms with Crippen LogP contribution in [0, 0.1) is 13.8 Å². The fourth-order valence-corrected chi connectivity index (χ4v) is 4.82. The summed E-state index contributed by atoms with van der Waals surface area (Å²) in [7, 11) is 0. The number of nitrogens with zero attached hydrogens (tertiary/aromatic N) is 4. The van der Waals surface area contributed by atoms with E-state index in [4.69, 9.17) is 4.99 Å². The summed E-state index contributed by atoms with van der Waals surface area (Å²) in [5.41, 5.74) is 5.59. The van der Waals surface area contributed by atoms with E-state index in [2.05, 4.69) is 78.2 Å².